The number of hydrogen-bond acceptors (Lipinski definition) is 6. The third kappa shape index (κ3) is 4.12. The lowest BCUT2D eigenvalue weighted by Gasteiger charge is -2.35. The zero-order chi connectivity index (χ0) is 20.5. The Morgan fingerprint density at radius 1 is 0.929 bits per heavy atom. The van der Waals surface area contributed by atoms with Crippen molar-refractivity contribution < 1.29 is 8.42 Å². The van der Waals surface area contributed by atoms with Crippen LogP contribution in [0.25, 0.3) is 0 Å². The SMILES string of the molecule is CCNc1cc(N2CCN(S(=O)(=O)c3cc(C)c(C)cc3C)CC2)nc(C)n1. The topological polar surface area (TPSA) is 78.4 Å². The van der Waals surface area contributed by atoms with Crippen LogP contribution < -0.4 is 10.2 Å². The Morgan fingerprint density at radius 3 is 2.21 bits per heavy atom. The lowest BCUT2D eigenvalue weighted by molar-refractivity contribution is 0.383. The van der Waals surface area contributed by atoms with E-state index in [4.69, 9.17) is 0 Å². The quantitative estimate of drug-likeness (QED) is 0.827. The fraction of sp³-hybridized carbons (Fsp3) is 0.500. The number of benzene rings is 1. The van der Waals surface area contributed by atoms with Gasteiger partial charge in [0, 0.05) is 38.8 Å². The Morgan fingerprint density at radius 2 is 1.57 bits per heavy atom. The molecule has 8 heteroatoms. The molecule has 1 aliphatic heterocycles. The normalized spacial score (nSPS) is 15.7. The molecule has 0 spiro atoms. The summed E-state index contributed by atoms with van der Waals surface area (Å²) in [5.74, 6) is 2.34. The van der Waals surface area contributed by atoms with Crippen molar-refractivity contribution in [2.75, 3.05) is 42.9 Å². The first-order chi connectivity index (χ1) is 13.2. The third-order valence-electron chi connectivity index (χ3n) is 5.15. The second-order valence-electron chi connectivity index (χ2n) is 7.28. The highest BCUT2D eigenvalue weighted by molar-refractivity contribution is 7.89. The number of nitrogens with zero attached hydrogens (tertiary/aromatic N) is 4. The van der Waals surface area contributed by atoms with Crippen LogP contribution >= 0.6 is 0 Å². The van der Waals surface area contributed by atoms with E-state index in [1.165, 1.54) is 0 Å². The molecule has 1 fully saturated rings. The molecule has 1 aliphatic rings. The van der Waals surface area contributed by atoms with Gasteiger partial charge in [-0.05, 0) is 57.4 Å². The zero-order valence-electron chi connectivity index (χ0n) is 17.3. The zero-order valence-corrected chi connectivity index (χ0v) is 18.1. The molecule has 7 nitrogen and oxygen atoms in total. The molecular formula is C20H29N5O2S. The minimum Gasteiger partial charge on any atom is -0.370 e. The summed E-state index contributed by atoms with van der Waals surface area (Å²) >= 11 is 0. The minimum absolute atomic E-state index is 0.413. The molecule has 0 atom stereocenters. The van der Waals surface area contributed by atoms with Crippen LogP contribution in [-0.4, -0.2) is 55.4 Å². The lowest BCUT2D eigenvalue weighted by atomic mass is 10.1. The molecule has 28 heavy (non-hydrogen) atoms. The molecule has 3 rings (SSSR count). The number of sulfonamides is 1. The molecule has 0 bridgehead atoms. The summed E-state index contributed by atoms with van der Waals surface area (Å²) in [4.78, 5) is 11.4. The summed E-state index contributed by atoms with van der Waals surface area (Å²) in [6, 6.07) is 5.67. The van der Waals surface area contributed by atoms with Gasteiger partial charge in [-0.15, -0.1) is 0 Å². The molecular weight excluding hydrogens is 374 g/mol. The van der Waals surface area contributed by atoms with E-state index in [9.17, 15) is 8.42 Å². The molecule has 0 saturated carbocycles. The van der Waals surface area contributed by atoms with E-state index in [1.54, 1.807) is 10.4 Å². The van der Waals surface area contributed by atoms with Crippen LogP contribution in [0.15, 0.2) is 23.1 Å². The van der Waals surface area contributed by atoms with Gasteiger partial charge >= 0.3 is 0 Å². The van der Waals surface area contributed by atoms with Crippen LogP contribution in [0.2, 0.25) is 0 Å². The maximum atomic E-state index is 13.2. The molecule has 1 saturated heterocycles. The Balaban J connectivity index is 1.77. The summed E-state index contributed by atoms with van der Waals surface area (Å²) in [5, 5.41) is 3.21. The Bertz CT molecular complexity index is 967. The molecule has 2 heterocycles. The van der Waals surface area contributed by atoms with Crippen LogP contribution in [0.5, 0.6) is 0 Å². The van der Waals surface area contributed by atoms with Crippen molar-refractivity contribution in [3.05, 3.63) is 40.7 Å². The molecule has 0 amide bonds. The van der Waals surface area contributed by atoms with Gasteiger partial charge in [0.15, 0.2) is 0 Å². The first kappa shape index (κ1) is 20.5. The fourth-order valence-corrected chi connectivity index (χ4v) is 5.21. The van der Waals surface area contributed by atoms with Crippen LogP contribution in [0.4, 0.5) is 11.6 Å². The van der Waals surface area contributed by atoms with Crippen LogP contribution in [0.1, 0.15) is 29.4 Å². The minimum atomic E-state index is -3.50. The average Bonchev–Trinajstić information content (AvgIpc) is 2.64. The maximum absolute atomic E-state index is 13.2. The number of piperazine rings is 1. The second-order valence-corrected chi connectivity index (χ2v) is 9.19. The van der Waals surface area contributed by atoms with Crippen molar-refractivity contribution in [1.82, 2.24) is 14.3 Å². The number of aromatic nitrogens is 2. The lowest BCUT2D eigenvalue weighted by Crippen LogP contribution is -2.49. The van der Waals surface area contributed by atoms with Gasteiger partial charge < -0.3 is 10.2 Å². The van der Waals surface area contributed by atoms with Crippen LogP contribution in [0, 0.1) is 27.7 Å². The van der Waals surface area contributed by atoms with E-state index in [-0.39, 0.29) is 0 Å². The molecule has 1 aromatic carbocycles. The van der Waals surface area contributed by atoms with E-state index >= 15 is 0 Å². The third-order valence-corrected chi connectivity index (χ3v) is 7.19. The van der Waals surface area contributed by atoms with Gasteiger partial charge in [-0.2, -0.15) is 4.31 Å². The standard InChI is InChI=1S/C20H29N5O2S/c1-6-21-19-13-20(23-17(5)22-19)24-7-9-25(10-8-24)28(26,27)18-12-15(3)14(2)11-16(18)4/h11-13H,6-10H2,1-5H3,(H,21,22,23). The van der Waals surface area contributed by atoms with E-state index < -0.39 is 10.0 Å². The molecule has 1 aromatic heterocycles. The Labute approximate surface area is 167 Å². The van der Waals surface area contributed by atoms with Gasteiger partial charge in [-0.25, -0.2) is 18.4 Å². The largest absolute Gasteiger partial charge is 0.370 e. The number of anilines is 2. The maximum Gasteiger partial charge on any atom is 0.243 e. The first-order valence-electron chi connectivity index (χ1n) is 9.65. The molecule has 0 aliphatic carbocycles. The number of rotatable bonds is 5. The second kappa shape index (κ2) is 8.05. The monoisotopic (exact) mass is 403 g/mol. The molecule has 152 valence electrons. The van der Waals surface area contributed by atoms with Crippen LogP contribution in [0.3, 0.4) is 0 Å². The van der Waals surface area contributed by atoms with Crippen molar-refractivity contribution in [2.24, 2.45) is 0 Å². The van der Waals surface area contributed by atoms with E-state index in [2.05, 4.69) is 20.2 Å². The predicted molar refractivity (Wildman–Crippen MR) is 113 cm³/mol. The summed E-state index contributed by atoms with van der Waals surface area (Å²) in [5.41, 5.74) is 2.90. The van der Waals surface area contributed by atoms with Gasteiger partial charge in [0.25, 0.3) is 0 Å². The highest BCUT2D eigenvalue weighted by Gasteiger charge is 2.30. The highest BCUT2D eigenvalue weighted by Crippen LogP contribution is 2.25. The summed E-state index contributed by atoms with van der Waals surface area (Å²) in [6.45, 7) is 12.6. The molecule has 2 aromatic rings. The average molecular weight is 404 g/mol. The van der Waals surface area contributed by atoms with Crippen molar-refractivity contribution in [3.63, 3.8) is 0 Å². The van der Waals surface area contributed by atoms with Crippen LogP contribution in [-0.2, 0) is 10.0 Å². The van der Waals surface area contributed by atoms with E-state index in [0.29, 0.717) is 36.9 Å². The molecule has 0 unspecified atom stereocenters. The first-order valence-corrected chi connectivity index (χ1v) is 11.1. The van der Waals surface area contributed by atoms with Crippen molar-refractivity contribution in [2.45, 2.75) is 39.5 Å². The van der Waals surface area contributed by atoms with Gasteiger partial charge in [0.2, 0.25) is 10.0 Å². The van der Waals surface area contributed by atoms with Crippen molar-refractivity contribution in [3.8, 4) is 0 Å². The highest BCUT2D eigenvalue weighted by atomic mass is 32.2. The Kier molecular flexibility index (Phi) is 5.90. The summed E-state index contributed by atoms with van der Waals surface area (Å²) < 4.78 is 27.9. The number of hydrogen-bond donors (Lipinski definition) is 1. The predicted octanol–water partition coefficient (Wildman–Crippen LogP) is 2.65. The summed E-state index contributed by atoms with van der Waals surface area (Å²) in [6.07, 6.45) is 0. The van der Waals surface area contributed by atoms with Gasteiger partial charge in [0.1, 0.15) is 17.5 Å². The summed E-state index contributed by atoms with van der Waals surface area (Å²) in [7, 11) is -3.50. The molecule has 1 N–H and O–H groups in total. The van der Waals surface area contributed by atoms with Crippen molar-refractivity contribution in [1.29, 1.82) is 0 Å². The fourth-order valence-electron chi connectivity index (χ4n) is 3.49. The number of aryl methyl sites for hydroxylation is 4. The number of nitrogens with one attached hydrogen (secondary N) is 1. The van der Waals surface area contributed by atoms with E-state index in [1.807, 2.05) is 46.8 Å². The Hall–Kier alpha value is -2.19. The van der Waals surface area contributed by atoms with Gasteiger partial charge in [-0.3, -0.25) is 0 Å². The molecule has 0 radical (unpaired) electrons. The smallest absolute Gasteiger partial charge is 0.243 e. The van der Waals surface area contributed by atoms with E-state index in [0.717, 1.165) is 34.9 Å². The van der Waals surface area contributed by atoms with Crippen molar-refractivity contribution >= 4 is 21.7 Å². The van der Waals surface area contributed by atoms with Gasteiger partial charge in [0.05, 0.1) is 4.90 Å². The van der Waals surface area contributed by atoms with Gasteiger partial charge in [-0.1, -0.05) is 6.07 Å².